The maximum Gasteiger partial charge on any atom is 0.277 e. The van der Waals surface area contributed by atoms with Crippen LogP contribution < -0.4 is 10.9 Å². The highest BCUT2D eigenvalue weighted by Crippen LogP contribution is 2.14. The molecule has 0 saturated heterocycles. The smallest absolute Gasteiger partial charge is 0.277 e. The minimum atomic E-state index is -0.730. The summed E-state index contributed by atoms with van der Waals surface area (Å²) in [4.78, 5) is 24.8. The van der Waals surface area contributed by atoms with Gasteiger partial charge in [0.15, 0.2) is 0 Å². The zero-order chi connectivity index (χ0) is 18.8. The molecule has 6 nitrogen and oxygen atoms in total. The summed E-state index contributed by atoms with van der Waals surface area (Å²) in [7, 11) is 0. The van der Waals surface area contributed by atoms with E-state index in [0.717, 1.165) is 23.2 Å². The van der Waals surface area contributed by atoms with E-state index >= 15 is 0 Å². The molecular weight excluding hydrogens is 342 g/mol. The number of nitrogens with one attached hydrogen (secondary N) is 1. The fourth-order valence-corrected chi connectivity index (χ4v) is 2.81. The second kappa shape index (κ2) is 7.07. The van der Waals surface area contributed by atoms with Crippen molar-refractivity contribution in [2.75, 3.05) is 0 Å². The summed E-state index contributed by atoms with van der Waals surface area (Å²) >= 11 is 0. The average Bonchev–Trinajstić information content (AvgIpc) is 2.93. The van der Waals surface area contributed by atoms with E-state index in [2.05, 4.69) is 10.4 Å². The number of hydrogen-bond donors (Lipinski definition) is 1. The van der Waals surface area contributed by atoms with Gasteiger partial charge in [-0.3, -0.25) is 14.3 Å². The number of fused-ring (bicyclic) bond motifs is 1. The predicted molar refractivity (Wildman–Crippen MR) is 92.6 cm³/mol. The van der Waals surface area contributed by atoms with Crippen LogP contribution in [-0.4, -0.2) is 20.3 Å². The van der Waals surface area contributed by atoms with E-state index in [9.17, 15) is 18.4 Å². The number of hydrogen-bond acceptors (Lipinski definition) is 3. The van der Waals surface area contributed by atoms with Crippen LogP contribution in [0, 0.1) is 18.6 Å². The Labute approximate surface area is 148 Å². The molecule has 3 rings (SSSR count). The average molecular weight is 360 g/mol. The number of carbonyl (C=O) groups is 1. The molecule has 136 valence electrons. The van der Waals surface area contributed by atoms with Crippen LogP contribution in [0.25, 0.3) is 10.9 Å². The maximum absolute atomic E-state index is 13.6. The van der Waals surface area contributed by atoms with Gasteiger partial charge in [0.1, 0.15) is 23.7 Å². The highest BCUT2D eigenvalue weighted by molar-refractivity contribution is 5.81. The first-order valence-electron chi connectivity index (χ1n) is 8.18. The predicted octanol–water partition coefficient (Wildman–Crippen LogP) is 2.12. The minimum absolute atomic E-state index is 0.0893. The van der Waals surface area contributed by atoms with Crippen molar-refractivity contribution in [2.24, 2.45) is 0 Å². The van der Waals surface area contributed by atoms with Gasteiger partial charge in [0, 0.05) is 36.3 Å². The van der Waals surface area contributed by atoms with Crippen molar-refractivity contribution in [1.29, 1.82) is 0 Å². The van der Waals surface area contributed by atoms with Gasteiger partial charge in [0.25, 0.3) is 5.56 Å². The van der Waals surface area contributed by atoms with Gasteiger partial charge >= 0.3 is 0 Å². The number of amides is 1. The number of aryl methyl sites for hydroxylation is 2. The second-order valence-corrected chi connectivity index (χ2v) is 5.92. The van der Waals surface area contributed by atoms with Crippen molar-refractivity contribution in [2.45, 2.75) is 33.5 Å². The summed E-state index contributed by atoms with van der Waals surface area (Å²) in [6.45, 7) is 3.95. The molecule has 1 amide bonds. The Morgan fingerprint density at radius 3 is 2.73 bits per heavy atom. The number of nitrogens with zero attached hydrogens (tertiary/aromatic N) is 3. The zero-order valence-corrected chi connectivity index (χ0v) is 14.4. The molecule has 0 unspecified atom stereocenters. The Morgan fingerprint density at radius 1 is 1.27 bits per heavy atom. The summed E-state index contributed by atoms with van der Waals surface area (Å²) in [5.74, 6) is -1.86. The molecule has 0 fully saturated rings. The first-order chi connectivity index (χ1) is 12.4. The number of pyridine rings is 1. The quantitative estimate of drug-likeness (QED) is 0.758. The Balaban J connectivity index is 1.77. The molecule has 0 aliphatic rings. The van der Waals surface area contributed by atoms with Gasteiger partial charge in [-0.2, -0.15) is 5.10 Å². The number of rotatable bonds is 5. The van der Waals surface area contributed by atoms with Gasteiger partial charge in [0.2, 0.25) is 5.91 Å². The molecular formula is C18H18F2N4O2. The van der Waals surface area contributed by atoms with Crippen molar-refractivity contribution >= 4 is 16.8 Å². The van der Waals surface area contributed by atoms with Gasteiger partial charge in [0.05, 0.1) is 5.69 Å². The van der Waals surface area contributed by atoms with Crippen molar-refractivity contribution in [1.82, 2.24) is 19.7 Å². The zero-order valence-electron chi connectivity index (χ0n) is 14.4. The third-order valence-corrected chi connectivity index (χ3v) is 4.16. The van der Waals surface area contributed by atoms with Crippen LogP contribution >= 0.6 is 0 Å². The van der Waals surface area contributed by atoms with E-state index in [4.69, 9.17) is 0 Å². The molecule has 0 radical (unpaired) electrons. The topological polar surface area (TPSA) is 68.9 Å². The largest absolute Gasteiger partial charge is 0.350 e. The van der Waals surface area contributed by atoms with Gasteiger partial charge in [-0.25, -0.2) is 8.78 Å². The van der Waals surface area contributed by atoms with E-state index in [-0.39, 0.29) is 24.2 Å². The van der Waals surface area contributed by atoms with E-state index in [0.29, 0.717) is 12.1 Å². The van der Waals surface area contributed by atoms with Crippen LogP contribution in [0.4, 0.5) is 8.78 Å². The van der Waals surface area contributed by atoms with Crippen molar-refractivity contribution in [3.63, 3.8) is 0 Å². The summed E-state index contributed by atoms with van der Waals surface area (Å²) in [5, 5.41) is 7.60. The van der Waals surface area contributed by atoms with Crippen LogP contribution in [0.2, 0.25) is 0 Å². The van der Waals surface area contributed by atoms with Crippen LogP contribution in [-0.2, 0) is 24.4 Å². The van der Waals surface area contributed by atoms with Crippen LogP contribution in [0.5, 0.6) is 0 Å². The van der Waals surface area contributed by atoms with E-state index in [1.807, 2.05) is 13.8 Å². The Hall–Kier alpha value is -3.03. The minimum Gasteiger partial charge on any atom is -0.350 e. The molecule has 0 saturated carbocycles. The molecule has 1 N–H and O–H groups in total. The van der Waals surface area contributed by atoms with Gasteiger partial charge in [-0.1, -0.05) is 6.07 Å². The molecule has 1 aromatic carbocycles. The van der Waals surface area contributed by atoms with Crippen LogP contribution in [0.15, 0.2) is 35.3 Å². The van der Waals surface area contributed by atoms with E-state index in [1.54, 1.807) is 10.7 Å². The van der Waals surface area contributed by atoms with Crippen molar-refractivity contribution < 1.29 is 13.6 Å². The Bertz CT molecular complexity index is 1040. The molecule has 8 heteroatoms. The van der Waals surface area contributed by atoms with Crippen molar-refractivity contribution in [3.8, 4) is 0 Å². The third-order valence-electron chi connectivity index (χ3n) is 4.16. The molecule has 3 aromatic rings. The Kier molecular flexibility index (Phi) is 4.83. The molecule has 2 heterocycles. The third kappa shape index (κ3) is 3.35. The summed E-state index contributed by atoms with van der Waals surface area (Å²) in [6, 6.07) is 4.90. The number of halogens is 2. The number of carbonyl (C=O) groups excluding carboxylic acids is 1. The van der Waals surface area contributed by atoms with E-state index < -0.39 is 17.5 Å². The fourth-order valence-electron chi connectivity index (χ4n) is 2.81. The number of aromatic nitrogens is 3. The highest BCUT2D eigenvalue weighted by atomic mass is 19.1. The van der Waals surface area contributed by atoms with Crippen molar-refractivity contribution in [3.05, 3.63) is 63.7 Å². The van der Waals surface area contributed by atoms with Gasteiger partial charge in [-0.15, -0.1) is 0 Å². The number of benzene rings is 1. The molecule has 0 aliphatic carbocycles. The van der Waals surface area contributed by atoms with Gasteiger partial charge in [-0.05, 0) is 26.0 Å². The standard InChI is InChI=1S/C18H18F2N4O2/c1-3-24-17-14(11(2)22-24)6-7-23(18(17)26)10-16(25)21-9-12-4-5-13(19)8-15(12)20/h4-8H,3,9-10H2,1-2H3,(H,21,25). The Morgan fingerprint density at radius 2 is 2.04 bits per heavy atom. The first kappa shape index (κ1) is 17.8. The summed E-state index contributed by atoms with van der Waals surface area (Å²) in [5.41, 5.74) is 1.06. The molecule has 2 aromatic heterocycles. The molecule has 0 spiro atoms. The maximum atomic E-state index is 13.6. The second-order valence-electron chi connectivity index (χ2n) is 5.92. The summed E-state index contributed by atoms with van der Waals surface area (Å²) < 4.78 is 29.4. The molecule has 0 aliphatic heterocycles. The lowest BCUT2D eigenvalue weighted by Gasteiger charge is -2.09. The van der Waals surface area contributed by atoms with Crippen LogP contribution in [0.3, 0.4) is 0 Å². The first-order valence-corrected chi connectivity index (χ1v) is 8.18. The van der Waals surface area contributed by atoms with E-state index in [1.165, 1.54) is 16.8 Å². The lowest BCUT2D eigenvalue weighted by atomic mass is 10.2. The lowest BCUT2D eigenvalue weighted by molar-refractivity contribution is -0.121. The van der Waals surface area contributed by atoms with Gasteiger partial charge < -0.3 is 9.88 Å². The SMILES string of the molecule is CCn1nc(C)c2ccn(CC(=O)NCc3ccc(F)cc3F)c(=O)c21. The molecule has 26 heavy (non-hydrogen) atoms. The fraction of sp³-hybridized carbons (Fsp3) is 0.278. The normalized spacial score (nSPS) is 11.1. The lowest BCUT2D eigenvalue weighted by Crippen LogP contribution is -2.32. The molecule has 0 atom stereocenters. The highest BCUT2D eigenvalue weighted by Gasteiger charge is 2.14. The monoisotopic (exact) mass is 360 g/mol. The summed E-state index contributed by atoms with van der Waals surface area (Å²) in [6.07, 6.45) is 1.54. The van der Waals surface area contributed by atoms with Crippen LogP contribution in [0.1, 0.15) is 18.2 Å². The molecule has 0 bridgehead atoms.